The van der Waals surface area contributed by atoms with Gasteiger partial charge in [0.25, 0.3) is 0 Å². The van der Waals surface area contributed by atoms with Crippen LogP contribution in [-0.2, 0) is 11.2 Å². The van der Waals surface area contributed by atoms with E-state index in [0.717, 1.165) is 48.0 Å². The second kappa shape index (κ2) is 9.26. The minimum Gasteiger partial charge on any atom is -0.308 e. The smallest absolute Gasteiger partial charge is 0.308 e. The first-order valence-corrected chi connectivity index (χ1v) is 11.3. The molecule has 3 amide bonds. The number of aromatic nitrogens is 1. The normalized spacial score (nSPS) is 14.4. The number of amides is 3. The Balaban J connectivity index is 1.39. The van der Waals surface area contributed by atoms with Crippen LogP contribution in [0.25, 0.3) is 10.2 Å². The maximum absolute atomic E-state index is 12.5. The molecule has 0 atom stereocenters. The Morgan fingerprint density at radius 2 is 1.67 bits per heavy atom. The maximum atomic E-state index is 12.5. The van der Waals surface area contributed by atoms with Gasteiger partial charge in [0, 0.05) is 17.3 Å². The predicted molar refractivity (Wildman–Crippen MR) is 123 cm³/mol. The predicted octanol–water partition coefficient (Wildman–Crippen LogP) is 6.02. The van der Waals surface area contributed by atoms with E-state index in [1.807, 2.05) is 42.5 Å². The van der Waals surface area contributed by atoms with Gasteiger partial charge >= 0.3 is 6.03 Å². The summed E-state index contributed by atoms with van der Waals surface area (Å²) in [5.41, 5.74) is 3.37. The van der Waals surface area contributed by atoms with Crippen LogP contribution < -0.4 is 16.0 Å². The van der Waals surface area contributed by atoms with Gasteiger partial charge in [0.05, 0.1) is 10.2 Å². The Morgan fingerprint density at radius 1 is 0.967 bits per heavy atom. The van der Waals surface area contributed by atoms with E-state index in [1.165, 1.54) is 23.3 Å². The quantitative estimate of drug-likeness (QED) is 0.470. The molecular formula is C23H26N4O2S. The van der Waals surface area contributed by atoms with Crippen LogP contribution in [0.4, 0.5) is 21.3 Å². The molecule has 3 aromatic rings. The van der Waals surface area contributed by atoms with Crippen molar-refractivity contribution in [3.8, 4) is 0 Å². The zero-order valence-corrected chi connectivity index (χ0v) is 17.8. The lowest BCUT2D eigenvalue weighted by Gasteiger charge is -2.19. The first kappa shape index (κ1) is 20.3. The lowest BCUT2D eigenvalue weighted by molar-refractivity contribution is -0.120. The maximum Gasteiger partial charge on any atom is 0.323 e. The van der Waals surface area contributed by atoms with Gasteiger partial charge in [0.1, 0.15) is 0 Å². The number of nitrogens with zero attached hydrogens (tertiary/aromatic N) is 1. The van der Waals surface area contributed by atoms with E-state index < -0.39 is 0 Å². The molecule has 1 aromatic heterocycles. The number of benzene rings is 2. The number of thiazole rings is 1. The highest BCUT2D eigenvalue weighted by molar-refractivity contribution is 7.22. The molecule has 1 aliphatic carbocycles. The number of carbonyl (C=O) groups excluding carboxylic acids is 2. The first-order valence-electron chi connectivity index (χ1n) is 10.5. The van der Waals surface area contributed by atoms with E-state index in [2.05, 4.69) is 27.9 Å². The summed E-state index contributed by atoms with van der Waals surface area (Å²) >= 11 is 1.45. The van der Waals surface area contributed by atoms with Gasteiger partial charge in [-0.3, -0.25) is 4.79 Å². The van der Waals surface area contributed by atoms with Crippen molar-refractivity contribution in [1.82, 2.24) is 4.98 Å². The molecule has 0 bridgehead atoms. The van der Waals surface area contributed by atoms with E-state index in [0.29, 0.717) is 10.8 Å². The standard InChI is InChI=1S/C23H26N4O2S/c1-2-15-8-10-17(11-9-15)24-22(29)25-18-12-13-20-19(14-18)26-23(30-20)27-21(28)16-6-4-3-5-7-16/h8-14,16H,2-7H2,1H3,(H2,24,25,29)(H,26,27,28). The lowest BCUT2D eigenvalue weighted by Crippen LogP contribution is -2.24. The number of carbonyl (C=O) groups is 2. The molecule has 1 heterocycles. The van der Waals surface area contributed by atoms with Crippen LogP contribution in [-0.4, -0.2) is 16.9 Å². The van der Waals surface area contributed by atoms with Crippen LogP contribution in [0.5, 0.6) is 0 Å². The summed E-state index contributed by atoms with van der Waals surface area (Å²) in [6.07, 6.45) is 6.35. The highest BCUT2D eigenvalue weighted by Gasteiger charge is 2.22. The summed E-state index contributed by atoms with van der Waals surface area (Å²) in [7, 11) is 0. The van der Waals surface area contributed by atoms with E-state index in [-0.39, 0.29) is 17.9 Å². The topological polar surface area (TPSA) is 83.1 Å². The van der Waals surface area contributed by atoms with Crippen LogP contribution in [0.1, 0.15) is 44.6 Å². The number of hydrogen-bond acceptors (Lipinski definition) is 4. The molecule has 1 aliphatic rings. The molecule has 7 heteroatoms. The Kier molecular flexibility index (Phi) is 6.28. The molecule has 0 unspecified atom stereocenters. The highest BCUT2D eigenvalue weighted by atomic mass is 32.1. The van der Waals surface area contributed by atoms with Crippen molar-refractivity contribution in [2.75, 3.05) is 16.0 Å². The lowest BCUT2D eigenvalue weighted by atomic mass is 9.89. The summed E-state index contributed by atoms with van der Waals surface area (Å²) < 4.78 is 0.968. The van der Waals surface area contributed by atoms with Gasteiger partial charge in [-0.1, -0.05) is 49.7 Å². The number of anilines is 3. The third-order valence-electron chi connectivity index (χ3n) is 5.47. The van der Waals surface area contributed by atoms with Gasteiger partial charge in [0.15, 0.2) is 5.13 Å². The van der Waals surface area contributed by atoms with Crippen LogP contribution in [0, 0.1) is 5.92 Å². The van der Waals surface area contributed by atoms with E-state index in [9.17, 15) is 9.59 Å². The number of rotatable bonds is 5. The van der Waals surface area contributed by atoms with Crippen molar-refractivity contribution < 1.29 is 9.59 Å². The molecule has 2 aromatic carbocycles. The van der Waals surface area contributed by atoms with Crippen LogP contribution in [0.3, 0.4) is 0 Å². The van der Waals surface area contributed by atoms with Gasteiger partial charge < -0.3 is 16.0 Å². The molecule has 3 N–H and O–H groups in total. The fourth-order valence-corrected chi connectivity index (χ4v) is 4.60. The molecule has 30 heavy (non-hydrogen) atoms. The van der Waals surface area contributed by atoms with Crippen molar-refractivity contribution in [2.24, 2.45) is 5.92 Å². The average Bonchev–Trinajstić information content (AvgIpc) is 3.16. The molecule has 4 rings (SSSR count). The van der Waals surface area contributed by atoms with Crippen molar-refractivity contribution in [3.63, 3.8) is 0 Å². The number of urea groups is 1. The van der Waals surface area contributed by atoms with Gasteiger partial charge in [-0.2, -0.15) is 0 Å². The Morgan fingerprint density at radius 3 is 2.40 bits per heavy atom. The van der Waals surface area contributed by atoms with Gasteiger partial charge in [-0.25, -0.2) is 9.78 Å². The summed E-state index contributed by atoms with van der Waals surface area (Å²) in [4.78, 5) is 29.3. The molecule has 0 saturated heterocycles. The number of fused-ring (bicyclic) bond motifs is 1. The zero-order chi connectivity index (χ0) is 20.9. The number of aryl methyl sites for hydroxylation is 1. The minimum absolute atomic E-state index is 0.0700. The Labute approximate surface area is 180 Å². The van der Waals surface area contributed by atoms with Crippen molar-refractivity contribution in [1.29, 1.82) is 0 Å². The van der Waals surface area contributed by atoms with Crippen LogP contribution in [0.2, 0.25) is 0 Å². The molecule has 1 fully saturated rings. The third kappa shape index (κ3) is 4.97. The van der Waals surface area contributed by atoms with Crippen molar-refractivity contribution in [2.45, 2.75) is 45.4 Å². The fraction of sp³-hybridized carbons (Fsp3) is 0.348. The van der Waals surface area contributed by atoms with Gasteiger partial charge in [-0.05, 0) is 55.2 Å². The third-order valence-corrected chi connectivity index (χ3v) is 6.42. The van der Waals surface area contributed by atoms with Crippen LogP contribution >= 0.6 is 11.3 Å². The summed E-state index contributed by atoms with van der Waals surface area (Å²) in [6, 6.07) is 13.1. The Hall–Kier alpha value is -2.93. The second-order valence-electron chi connectivity index (χ2n) is 7.66. The number of hydrogen-bond donors (Lipinski definition) is 3. The fourth-order valence-electron chi connectivity index (χ4n) is 3.75. The molecule has 0 aliphatic heterocycles. The summed E-state index contributed by atoms with van der Waals surface area (Å²) in [6.45, 7) is 2.09. The highest BCUT2D eigenvalue weighted by Crippen LogP contribution is 2.30. The molecule has 6 nitrogen and oxygen atoms in total. The average molecular weight is 423 g/mol. The van der Waals surface area contributed by atoms with E-state index in [1.54, 1.807) is 0 Å². The minimum atomic E-state index is -0.306. The molecule has 0 spiro atoms. The van der Waals surface area contributed by atoms with Crippen molar-refractivity contribution >= 4 is 50.0 Å². The first-order chi connectivity index (χ1) is 14.6. The number of nitrogens with one attached hydrogen (secondary N) is 3. The largest absolute Gasteiger partial charge is 0.323 e. The zero-order valence-electron chi connectivity index (χ0n) is 17.0. The van der Waals surface area contributed by atoms with Gasteiger partial charge in [0.2, 0.25) is 5.91 Å². The van der Waals surface area contributed by atoms with Gasteiger partial charge in [-0.15, -0.1) is 0 Å². The summed E-state index contributed by atoms with van der Waals surface area (Å²) in [5, 5.41) is 9.25. The monoisotopic (exact) mass is 422 g/mol. The molecule has 1 saturated carbocycles. The molecule has 0 radical (unpaired) electrons. The second-order valence-corrected chi connectivity index (χ2v) is 8.69. The summed E-state index contributed by atoms with van der Waals surface area (Å²) in [5.74, 6) is 0.165. The van der Waals surface area contributed by atoms with E-state index in [4.69, 9.17) is 0 Å². The SMILES string of the molecule is CCc1ccc(NC(=O)Nc2ccc3sc(NC(=O)C4CCCCC4)nc3c2)cc1. The Bertz CT molecular complexity index is 1040. The van der Waals surface area contributed by atoms with Crippen molar-refractivity contribution in [3.05, 3.63) is 48.0 Å². The molecule has 156 valence electrons. The van der Waals surface area contributed by atoms with Crippen LogP contribution in [0.15, 0.2) is 42.5 Å². The molecular weight excluding hydrogens is 396 g/mol. The van der Waals surface area contributed by atoms with E-state index >= 15 is 0 Å².